The molecule has 0 aliphatic carbocycles. The Balaban J connectivity index is 2.13. The Hall–Kier alpha value is -2.73. The predicted molar refractivity (Wildman–Crippen MR) is 90.9 cm³/mol. The summed E-state index contributed by atoms with van der Waals surface area (Å²) in [6, 6.07) is 9.84. The summed E-state index contributed by atoms with van der Waals surface area (Å²) >= 11 is 5.88. The highest BCUT2D eigenvalue weighted by Crippen LogP contribution is 2.27. The van der Waals surface area contributed by atoms with Crippen molar-refractivity contribution in [2.75, 3.05) is 23.5 Å². The van der Waals surface area contributed by atoms with Gasteiger partial charge in [-0.05, 0) is 42.8 Å². The van der Waals surface area contributed by atoms with E-state index in [0.29, 0.717) is 27.8 Å². The van der Waals surface area contributed by atoms with Crippen LogP contribution in [0.5, 0.6) is 5.75 Å². The van der Waals surface area contributed by atoms with Gasteiger partial charge in [-0.25, -0.2) is 0 Å². The van der Waals surface area contributed by atoms with E-state index >= 15 is 0 Å². The smallest absolute Gasteiger partial charge is 0.314 e. The van der Waals surface area contributed by atoms with E-state index in [2.05, 4.69) is 10.6 Å². The third kappa shape index (κ3) is 4.14. The molecule has 0 unspecified atom stereocenters. The van der Waals surface area contributed by atoms with Gasteiger partial charge in [0.05, 0.1) is 24.2 Å². The first-order chi connectivity index (χ1) is 10.9. The van der Waals surface area contributed by atoms with Crippen molar-refractivity contribution in [1.82, 2.24) is 0 Å². The molecule has 0 atom stereocenters. The number of hydrogen-bond donors (Lipinski definition) is 3. The average molecular weight is 334 g/mol. The summed E-state index contributed by atoms with van der Waals surface area (Å²) in [6.45, 7) is 1.85. The van der Waals surface area contributed by atoms with Crippen LogP contribution in [0.2, 0.25) is 5.02 Å². The normalized spacial score (nSPS) is 10.0. The zero-order valence-corrected chi connectivity index (χ0v) is 13.4. The van der Waals surface area contributed by atoms with Gasteiger partial charge >= 0.3 is 11.8 Å². The molecule has 0 heterocycles. The number of amides is 2. The Bertz CT molecular complexity index is 762. The summed E-state index contributed by atoms with van der Waals surface area (Å²) in [6.07, 6.45) is 0. The number of carbonyl (C=O) groups excluding carboxylic acids is 2. The van der Waals surface area contributed by atoms with Crippen molar-refractivity contribution in [1.29, 1.82) is 0 Å². The third-order valence-electron chi connectivity index (χ3n) is 3.07. The molecule has 23 heavy (non-hydrogen) atoms. The van der Waals surface area contributed by atoms with Gasteiger partial charge in [0.1, 0.15) is 5.75 Å². The lowest BCUT2D eigenvalue weighted by Crippen LogP contribution is -2.29. The second-order valence-electron chi connectivity index (χ2n) is 4.84. The van der Waals surface area contributed by atoms with Crippen LogP contribution in [-0.2, 0) is 9.59 Å². The first-order valence-electron chi connectivity index (χ1n) is 6.72. The topological polar surface area (TPSA) is 93.4 Å². The number of benzene rings is 2. The maximum absolute atomic E-state index is 12.0. The molecule has 2 amide bonds. The van der Waals surface area contributed by atoms with Gasteiger partial charge in [0.2, 0.25) is 0 Å². The fourth-order valence-corrected chi connectivity index (χ4v) is 2.09. The first kappa shape index (κ1) is 16.6. The first-order valence-corrected chi connectivity index (χ1v) is 7.10. The lowest BCUT2D eigenvalue weighted by molar-refractivity contribution is -0.133. The molecule has 7 heteroatoms. The van der Waals surface area contributed by atoms with Gasteiger partial charge in [-0.3, -0.25) is 9.59 Å². The van der Waals surface area contributed by atoms with Gasteiger partial charge in [0.25, 0.3) is 0 Å². The van der Waals surface area contributed by atoms with E-state index in [1.165, 1.54) is 13.2 Å². The minimum Gasteiger partial charge on any atom is -0.495 e. The zero-order valence-electron chi connectivity index (χ0n) is 12.6. The number of nitrogen functional groups attached to an aromatic ring is 1. The van der Waals surface area contributed by atoms with Gasteiger partial charge < -0.3 is 21.1 Å². The molecule has 2 aromatic rings. The lowest BCUT2D eigenvalue weighted by Gasteiger charge is -2.11. The van der Waals surface area contributed by atoms with Crippen molar-refractivity contribution in [3.05, 3.63) is 47.0 Å². The van der Waals surface area contributed by atoms with E-state index in [1.807, 2.05) is 13.0 Å². The molecule has 0 aromatic heterocycles. The monoisotopic (exact) mass is 333 g/mol. The highest BCUT2D eigenvalue weighted by molar-refractivity contribution is 6.44. The molecule has 0 bridgehead atoms. The summed E-state index contributed by atoms with van der Waals surface area (Å²) in [4.78, 5) is 24.0. The Morgan fingerprint density at radius 3 is 2.35 bits per heavy atom. The Morgan fingerprint density at radius 2 is 1.70 bits per heavy atom. The molecule has 6 nitrogen and oxygen atoms in total. The molecule has 0 saturated heterocycles. The number of nitrogens with two attached hydrogens (primary N) is 1. The van der Waals surface area contributed by atoms with E-state index in [0.717, 1.165) is 5.56 Å². The van der Waals surface area contributed by atoms with E-state index in [-0.39, 0.29) is 0 Å². The van der Waals surface area contributed by atoms with Crippen molar-refractivity contribution in [2.45, 2.75) is 6.92 Å². The molecule has 2 rings (SSSR count). The fourth-order valence-electron chi connectivity index (χ4n) is 1.91. The standard InChI is InChI=1S/C16H16ClN3O3/c1-9-3-5-11(18)12(7-9)19-15(21)16(22)20-13-8-10(17)4-6-14(13)23-2/h3-8H,18H2,1-2H3,(H,19,21)(H,20,22). The number of carbonyl (C=O) groups is 2. The SMILES string of the molecule is COc1ccc(Cl)cc1NC(=O)C(=O)Nc1cc(C)ccc1N. The van der Waals surface area contributed by atoms with E-state index in [9.17, 15) is 9.59 Å². The Kier molecular flexibility index (Phi) is 5.08. The van der Waals surface area contributed by atoms with Crippen LogP contribution >= 0.6 is 11.6 Å². The molecule has 4 N–H and O–H groups in total. The summed E-state index contributed by atoms with van der Waals surface area (Å²) in [7, 11) is 1.45. The fraction of sp³-hybridized carbons (Fsp3) is 0.125. The highest BCUT2D eigenvalue weighted by Gasteiger charge is 2.17. The number of rotatable bonds is 3. The van der Waals surface area contributed by atoms with Crippen LogP contribution in [0, 0.1) is 6.92 Å². The number of halogens is 1. The number of anilines is 3. The van der Waals surface area contributed by atoms with Gasteiger partial charge in [-0.15, -0.1) is 0 Å². The maximum atomic E-state index is 12.0. The lowest BCUT2D eigenvalue weighted by atomic mass is 10.2. The van der Waals surface area contributed by atoms with E-state index in [4.69, 9.17) is 22.1 Å². The number of ether oxygens (including phenoxy) is 1. The molecule has 0 fully saturated rings. The number of aryl methyl sites for hydroxylation is 1. The molecule has 120 valence electrons. The second-order valence-corrected chi connectivity index (χ2v) is 5.28. The van der Waals surface area contributed by atoms with Crippen LogP contribution < -0.4 is 21.1 Å². The minimum absolute atomic E-state index is 0.303. The van der Waals surface area contributed by atoms with Crippen LogP contribution in [0.4, 0.5) is 17.1 Å². The number of nitrogens with one attached hydrogen (secondary N) is 2. The molecule has 2 aromatic carbocycles. The van der Waals surface area contributed by atoms with Crippen molar-refractivity contribution in [3.63, 3.8) is 0 Å². The van der Waals surface area contributed by atoms with Gasteiger partial charge in [-0.2, -0.15) is 0 Å². The summed E-state index contributed by atoms with van der Waals surface area (Å²) in [5, 5.41) is 5.34. The van der Waals surface area contributed by atoms with E-state index in [1.54, 1.807) is 24.3 Å². The third-order valence-corrected chi connectivity index (χ3v) is 3.31. The average Bonchev–Trinajstić information content (AvgIpc) is 2.51. The van der Waals surface area contributed by atoms with Crippen molar-refractivity contribution < 1.29 is 14.3 Å². The largest absolute Gasteiger partial charge is 0.495 e. The highest BCUT2D eigenvalue weighted by atomic mass is 35.5. The minimum atomic E-state index is -0.855. The maximum Gasteiger partial charge on any atom is 0.314 e. The summed E-state index contributed by atoms with van der Waals surface area (Å²) in [5.41, 5.74) is 7.73. The predicted octanol–water partition coefficient (Wildman–Crippen LogP) is 2.82. The molecule has 0 aliphatic heterocycles. The van der Waals surface area contributed by atoms with Crippen LogP contribution in [0.15, 0.2) is 36.4 Å². The van der Waals surface area contributed by atoms with Crippen LogP contribution in [-0.4, -0.2) is 18.9 Å². The summed E-state index contributed by atoms with van der Waals surface area (Å²) in [5.74, 6) is -1.30. The van der Waals surface area contributed by atoms with Gasteiger partial charge in [0, 0.05) is 5.02 Å². The molecule has 0 aliphatic rings. The molecule has 0 saturated carbocycles. The molecule has 0 radical (unpaired) electrons. The molecular weight excluding hydrogens is 318 g/mol. The van der Waals surface area contributed by atoms with Crippen LogP contribution in [0.1, 0.15) is 5.56 Å². The van der Waals surface area contributed by atoms with E-state index < -0.39 is 11.8 Å². The zero-order chi connectivity index (χ0) is 17.0. The van der Waals surface area contributed by atoms with Crippen molar-refractivity contribution in [2.24, 2.45) is 0 Å². The van der Waals surface area contributed by atoms with Gasteiger partial charge in [0.15, 0.2) is 0 Å². The summed E-state index contributed by atoms with van der Waals surface area (Å²) < 4.78 is 5.11. The van der Waals surface area contributed by atoms with Crippen LogP contribution in [0.25, 0.3) is 0 Å². The molecule has 0 spiro atoms. The quantitative estimate of drug-likeness (QED) is 0.594. The van der Waals surface area contributed by atoms with Gasteiger partial charge in [-0.1, -0.05) is 17.7 Å². The number of methoxy groups -OCH3 is 1. The van der Waals surface area contributed by atoms with Crippen molar-refractivity contribution in [3.8, 4) is 5.75 Å². The number of hydrogen-bond acceptors (Lipinski definition) is 4. The molecular formula is C16H16ClN3O3. The van der Waals surface area contributed by atoms with Crippen LogP contribution in [0.3, 0.4) is 0 Å². The Labute approximate surface area is 138 Å². The Morgan fingerprint density at radius 1 is 1.04 bits per heavy atom. The second kappa shape index (κ2) is 7.02. The van der Waals surface area contributed by atoms with Crippen molar-refractivity contribution >= 4 is 40.5 Å².